The highest BCUT2D eigenvalue weighted by Gasteiger charge is 2.15. The third-order valence-corrected chi connectivity index (χ3v) is 11.5. The maximum atomic E-state index is 12.2. The molecular weight excluding hydrogens is 973 g/mol. The number of carbonyl (C=O) groups excluding carboxylic acids is 7. The van der Waals surface area contributed by atoms with Crippen LogP contribution in [-0.4, -0.2) is 141 Å². The van der Waals surface area contributed by atoms with E-state index in [4.69, 9.17) is 11.5 Å². The standard InChI is InChI=1S/C18H21BN5O3.C17H22N6O2.C16H20N6O2/c1-13(26)16(10-19-11-25)4-2-3-9-20-18(27)15-7-5-14(6-8-15)17-23-21-12-22-24-17;1-11(24)15(18)5-3-4-10-19-17(25)14-8-6-13(7-9-14)16-22-20-12(2)21-23-16;1-11(23)14(17)4-2-3-9-18-16(24)13-7-5-12(6-8-13)15-21-19-10-20-22-15/h5-8,11-12,16H,2-4,9-10H2,1H3,(H,20,27);6-9,15H,3-5,10,18H2,1-2H3,(H,19,25);5-8,10,14H,2-4,9,17H2,1H3,(H,18,24). The molecule has 0 saturated carbocycles. The molecule has 0 spiro atoms. The quantitative estimate of drug-likeness (QED) is 0.0281. The first kappa shape index (κ1) is 60.1. The van der Waals surface area contributed by atoms with Gasteiger partial charge in [0.2, 0.25) is 17.5 Å². The average molecular weight is 1040 g/mol. The van der Waals surface area contributed by atoms with Crippen LogP contribution in [0.3, 0.4) is 0 Å². The summed E-state index contributed by atoms with van der Waals surface area (Å²) in [5.74, 6) is 1.22. The van der Waals surface area contributed by atoms with Crippen LogP contribution in [-0.2, 0) is 19.2 Å². The molecule has 3 heterocycles. The molecular formula is C51H63BN17O7. The van der Waals surface area contributed by atoms with E-state index in [2.05, 4.69) is 77.1 Å². The minimum absolute atomic E-state index is 0.00733. The number of Topliss-reactive ketones (excluding diaryl/α,β-unsaturated/α-hetero) is 3. The fraction of sp³-hybridized carbons (Fsp3) is 0.392. The van der Waals surface area contributed by atoms with Crippen molar-refractivity contribution in [3.63, 3.8) is 0 Å². The number of ketones is 3. The maximum absolute atomic E-state index is 12.2. The molecule has 3 atom stereocenters. The summed E-state index contributed by atoms with van der Waals surface area (Å²) in [7, 11) is 1.48. The van der Waals surface area contributed by atoms with E-state index >= 15 is 0 Å². The lowest BCUT2D eigenvalue weighted by atomic mass is 9.69. The van der Waals surface area contributed by atoms with E-state index in [9.17, 15) is 33.6 Å². The maximum Gasteiger partial charge on any atom is 0.251 e. The highest BCUT2D eigenvalue weighted by molar-refractivity contribution is 6.66. The summed E-state index contributed by atoms with van der Waals surface area (Å²) in [6.07, 6.45) is 10.4. The summed E-state index contributed by atoms with van der Waals surface area (Å²) in [6.45, 7) is 7.85. The third-order valence-electron chi connectivity index (χ3n) is 11.5. The van der Waals surface area contributed by atoms with Crippen LogP contribution in [0.2, 0.25) is 6.32 Å². The number of hydrogen-bond acceptors (Lipinski definition) is 21. The summed E-state index contributed by atoms with van der Waals surface area (Å²) in [5, 5.41) is 54.3. The van der Waals surface area contributed by atoms with Gasteiger partial charge in [-0.1, -0.05) is 49.1 Å². The fourth-order valence-corrected chi connectivity index (χ4v) is 6.87. The van der Waals surface area contributed by atoms with Crippen LogP contribution in [0.1, 0.15) is 115 Å². The van der Waals surface area contributed by atoms with Crippen molar-refractivity contribution in [3.05, 3.63) is 108 Å². The molecule has 0 bridgehead atoms. The lowest BCUT2D eigenvalue weighted by Gasteiger charge is -2.12. The predicted molar refractivity (Wildman–Crippen MR) is 281 cm³/mol. The van der Waals surface area contributed by atoms with Gasteiger partial charge in [-0.3, -0.25) is 28.8 Å². The van der Waals surface area contributed by atoms with Crippen LogP contribution in [0.15, 0.2) is 85.5 Å². The van der Waals surface area contributed by atoms with Crippen LogP contribution in [0, 0.1) is 12.8 Å². The molecule has 76 heavy (non-hydrogen) atoms. The number of rotatable bonds is 27. The van der Waals surface area contributed by atoms with Crippen LogP contribution >= 0.6 is 0 Å². The minimum atomic E-state index is -0.406. The Balaban J connectivity index is 0.000000247. The Morgan fingerprint density at radius 1 is 0.474 bits per heavy atom. The molecule has 24 nitrogen and oxygen atoms in total. The van der Waals surface area contributed by atoms with Gasteiger partial charge in [0, 0.05) is 58.9 Å². The first-order valence-electron chi connectivity index (χ1n) is 24.7. The molecule has 1 radical (unpaired) electrons. The zero-order chi connectivity index (χ0) is 55.1. The lowest BCUT2D eigenvalue weighted by Crippen LogP contribution is -2.29. The van der Waals surface area contributed by atoms with Crippen molar-refractivity contribution in [1.82, 2.24) is 77.1 Å². The molecule has 3 aromatic heterocycles. The van der Waals surface area contributed by atoms with E-state index in [0.29, 0.717) is 85.2 Å². The SMILES string of the molecule is CC(=O)C(C[B]C=O)CCCCNC(=O)c1ccc(-c2nncnn2)cc1.CC(=O)C(N)CCCCNC(=O)c1ccc(-c2nnc(C)nn2)cc1.CC(=O)C(N)CCCCNC(=O)c1ccc(-c2nncnn2)cc1. The molecule has 0 fully saturated rings. The number of nitrogens with one attached hydrogen (secondary N) is 3. The molecule has 25 heteroatoms. The molecule has 0 aliphatic carbocycles. The van der Waals surface area contributed by atoms with Gasteiger partial charge in [0.15, 0.2) is 25.8 Å². The topological polar surface area (TPSA) is 362 Å². The second kappa shape index (κ2) is 33.4. The molecule has 7 N–H and O–H groups in total. The number of unbranched alkanes of at least 4 members (excludes halogenated alkanes) is 3. The Morgan fingerprint density at radius 2 is 0.803 bits per heavy atom. The van der Waals surface area contributed by atoms with Crippen molar-refractivity contribution in [2.24, 2.45) is 17.4 Å². The van der Waals surface area contributed by atoms with Crippen LogP contribution in [0.25, 0.3) is 34.2 Å². The van der Waals surface area contributed by atoms with E-state index in [0.717, 1.165) is 61.4 Å². The number of aromatic nitrogens is 12. The summed E-state index contributed by atoms with van der Waals surface area (Å²) >= 11 is 0. The summed E-state index contributed by atoms with van der Waals surface area (Å²) in [5.41, 5.74) is 15.2. The number of amides is 3. The normalized spacial score (nSPS) is 11.7. The Hall–Kier alpha value is -8.45. The van der Waals surface area contributed by atoms with Crippen molar-refractivity contribution in [1.29, 1.82) is 0 Å². The van der Waals surface area contributed by atoms with Gasteiger partial charge in [-0.05, 0) is 115 Å². The Kier molecular flexibility index (Phi) is 26.4. The van der Waals surface area contributed by atoms with E-state index in [1.807, 2.05) is 0 Å². The molecule has 3 aromatic carbocycles. The Labute approximate surface area is 440 Å². The number of aryl methyl sites for hydroxylation is 1. The largest absolute Gasteiger partial charge is 0.352 e. The van der Waals surface area contributed by atoms with Crippen molar-refractivity contribution < 1.29 is 33.6 Å². The molecule has 6 rings (SSSR count). The average Bonchev–Trinajstić information content (AvgIpc) is 3.44. The van der Waals surface area contributed by atoms with E-state index in [1.54, 1.807) is 86.6 Å². The van der Waals surface area contributed by atoms with Crippen molar-refractivity contribution in [2.45, 2.75) is 104 Å². The van der Waals surface area contributed by atoms with Gasteiger partial charge in [0.25, 0.3) is 17.7 Å². The minimum Gasteiger partial charge on any atom is -0.352 e. The number of hydrogen-bond donors (Lipinski definition) is 5. The van der Waals surface area contributed by atoms with Gasteiger partial charge < -0.3 is 32.2 Å². The van der Waals surface area contributed by atoms with Gasteiger partial charge in [-0.25, -0.2) is 0 Å². The smallest absolute Gasteiger partial charge is 0.251 e. The second-order valence-corrected chi connectivity index (χ2v) is 17.3. The summed E-state index contributed by atoms with van der Waals surface area (Å²) in [4.78, 5) is 80.3. The van der Waals surface area contributed by atoms with Crippen LogP contribution in [0.4, 0.5) is 0 Å². The predicted octanol–water partition coefficient (Wildman–Crippen LogP) is 3.16. The number of carbonyl (C=O) groups is 7. The zero-order valence-corrected chi connectivity index (χ0v) is 43.0. The van der Waals surface area contributed by atoms with Crippen molar-refractivity contribution in [3.8, 4) is 34.2 Å². The molecule has 397 valence electrons. The van der Waals surface area contributed by atoms with Gasteiger partial charge in [0.1, 0.15) is 17.3 Å². The highest BCUT2D eigenvalue weighted by Crippen LogP contribution is 2.17. The first-order valence-corrected chi connectivity index (χ1v) is 24.7. The second-order valence-electron chi connectivity index (χ2n) is 17.3. The van der Waals surface area contributed by atoms with Crippen LogP contribution in [0.5, 0.6) is 0 Å². The van der Waals surface area contributed by atoms with E-state index < -0.39 is 12.1 Å². The third kappa shape index (κ3) is 22.0. The Morgan fingerprint density at radius 3 is 1.12 bits per heavy atom. The van der Waals surface area contributed by atoms with Gasteiger partial charge in [-0.15, -0.1) is 61.2 Å². The van der Waals surface area contributed by atoms with Gasteiger partial charge in [0.05, 0.1) is 18.3 Å². The zero-order valence-electron chi connectivity index (χ0n) is 43.0. The number of nitrogens with zero attached hydrogens (tertiary/aromatic N) is 12. The Bertz CT molecular complexity index is 2750. The van der Waals surface area contributed by atoms with Crippen LogP contribution < -0.4 is 27.4 Å². The molecule has 3 unspecified atom stereocenters. The highest BCUT2D eigenvalue weighted by atomic mass is 16.2. The fourth-order valence-electron chi connectivity index (χ4n) is 6.87. The van der Waals surface area contributed by atoms with Gasteiger partial charge in [-0.2, -0.15) is 0 Å². The molecule has 0 saturated heterocycles. The van der Waals surface area contributed by atoms with Gasteiger partial charge >= 0.3 is 0 Å². The van der Waals surface area contributed by atoms with E-state index in [1.165, 1.54) is 33.8 Å². The first-order chi connectivity index (χ1) is 36.7. The molecule has 0 aliphatic heterocycles. The monoisotopic (exact) mass is 1040 g/mol. The van der Waals surface area contributed by atoms with Crippen molar-refractivity contribution in [2.75, 3.05) is 19.6 Å². The lowest BCUT2D eigenvalue weighted by molar-refractivity contribution is -0.120. The van der Waals surface area contributed by atoms with E-state index in [-0.39, 0.29) is 41.0 Å². The number of nitrogens with two attached hydrogens (primary N) is 2. The molecule has 6 aromatic rings. The molecule has 0 aliphatic rings. The van der Waals surface area contributed by atoms with Crippen molar-refractivity contribution >= 4 is 48.5 Å². The molecule has 3 amide bonds. The number of benzene rings is 3. The summed E-state index contributed by atoms with van der Waals surface area (Å²) in [6, 6.07) is 19.9. The summed E-state index contributed by atoms with van der Waals surface area (Å²) < 4.78 is 0.